The molecule has 1 aromatic carbocycles. The van der Waals surface area contributed by atoms with Crippen LogP contribution >= 0.6 is 0 Å². The molecule has 1 amide bonds. The predicted molar refractivity (Wildman–Crippen MR) is 99.1 cm³/mol. The summed E-state index contributed by atoms with van der Waals surface area (Å²) in [6.45, 7) is 4.15. The summed E-state index contributed by atoms with van der Waals surface area (Å²) in [6, 6.07) is 7.04. The standard InChI is InChI=1S/C17H25N7O2/c1-4-18-17(21-11-15-22-12-23-24(15)2)20-9-8-19-16(25)13-6-5-7-14(10-13)26-3/h5-7,10,12H,4,8-9,11H2,1-3H3,(H,19,25)(H2,18,20,21). The number of carbonyl (C=O) groups excluding carboxylic acids is 1. The summed E-state index contributed by atoms with van der Waals surface area (Å²) in [4.78, 5) is 20.7. The van der Waals surface area contributed by atoms with E-state index in [1.165, 1.54) is 6.33 Å². The quantitative estimate of drug-likeness (QED) is 0.356. The van der Waals surface area contributed by atoms with Crippen molar-refractivity contribution in [1.82, 2.24) is 30.7 Å². The minimum Gasteiger partial charge on any atom is -0.497 e. The van der Waals surface area contributed by atoms with Crippen molar-refractivity contribution < 1.29 is 9.53 Å². The summed E-state index contributed by atoms with van der Waals surface area (Å²) in [6.07, 6.45) is 1.50. The van der Waals surface area contributed by atoms with Crippen LogP contribution in [0.5, 0.6) is 5.75 Å². The molecule has 1 heterocycles. The van der Waals surface area contributed by atoms with E-state index in [1.807, 2.05) is 14.0 Å². The number of amides is 1. The zero-order valence-electron chi connectivity index (χ0n) is 15.3. The molecule has 0 saturated carbocycles. The molecule has 0 aliphatic carbocycles. The zero-order valence-corrected chi connectivity index (χ0v) is 15.3. The number of aliphatic imine (C=N–C) groups is 1. The molecule has 0 aliphatic heterocycles. The van der Waals surface area contributed by atoms with Gasteiger partial charge in [0.2, 0.25) is 0 Å². The van der Waals surface area contributed by atoms with Gasteiger partial charge in [0.05, 0.1) is 7.11 Å². The molecule has 9 nitrogen and oxygen atoms in total. The number of benzene rings is 1. The Morgan fingerprint density at radius 1 is 1.27 bits per heavy atom. The first-order valence-electron chi connectivity index (χ1n) is 8.41. The number of methoxy groups -OCH3 is 1. The predicted octanol–water partition coefficient (Wildman–Crippen LogP) is 0.309. The summed E-state index contributed by atoms with van der Waals surface area (Å²) in [5.74, 6) is 1.94. The van der Waals surface area contributed by atoms with Gasteiger partial charge >= 0.3 is 0 Å². The average molecular weight is 359 g/mol. The molecule has 140 valence electrons. The number of aromatic nitrogens is 3. The Hall–Kier alpha value is -3.10. The summed E-state index contributed by atoms with van der Waals surface area (Å²) in [5, 5.41) is 13.2. The number of hydrogen-bond acceptors (Lipinski definition) is 5. The van der Waals surface area contributed by atoms with Crippen LogP contribution in [0.1, 0.15) is 23.1 Å². The number of rotatable bonds is 8. The molecule has 2 rings (SSSR count). The van der Waals surface area contributed by atoms with Crippen LogP contribution < -0.4 is 20.7 Å². The van der Waals surface area contributed by atoms with Crippen molar-refractivity contribution in [1.29, 1.82) is 0 Å². The molecule has 0 aliphatic rings. The van der Waals surface area contributed by atoms with Gasteiger partial charge in [-0.2, -0.15) is 5.10 Å². The van der Waals surface area contributed by atoms with Crippen molar-refractivity contribution in [2.75, 3.05) is 26.7 Å². The third-order valence-corrected chi connectivity index (χ3v) is 3.56. The minimum absolute atomic E-state index is 0.147. The number of nitrogens with zero attached hydrogens (tertiary/aromatic N) is 4. The van der Waals surface area contributed by atoms with E-state index in [0.717, 1.165) is 12.4 Å². The van der Waals surface area contributed by atoms with Crippen molar-refractivity contribution in [3.63, 3.8) is 0 Å². The van der Waals surface area contributed by atoms with Crippen LogP contribution in [0.25, 0.3) is 0 Å². The smallest absolute Gasteiger partial charge is 0.251 e. The second-order valence-corrected chi connectivity index (χ2v) is 5.41. The van der Waals surface area contributed by atoms with E-state index in [9.17, 15) is 4.79 Å². The van der Waals surface area contributed by atoms with Gasteiger partial charge in [0.15, 0.2) is 5.96 Å². The number of nitrogens with one attached hydrogen (secondary N) is 3. The van der Waals surface area contributed by atoms with Gasteiger partial charge in [0.25, 0.3) is 5.91 Å². The maximum absolute atomic E-state index is 12.1. The molecule has 26 heavy (non-hydrogen) atoms. The highest BCUT2D eigenvalue weighted by Gasteiger charge is 2.06. The van der Waals surface area contributed by atoms with Crippen LogP contribution in [-0.2, 0) is 13.6 Å². The summed E-state index contributed by atoms with van der Waals surface area (Å²) in [7, 11) is 3.40. The maximum Gasteiger partial charge on any atom is 0.251 e. The Kier molecular flexibility index (Phi) is 7.41. The van der Waals surface area contributed by atoms with Crippen molar-refractivity contribution in [2.45, 2.75) is 13.5 Å². The Morgan fingerprint density at radius 2 is 2.08 bits per heavy atom. The lowest BCUT2D eigenvalue weighted by atomic mass is 10.2. The molecule has 0 spiro atoms. The molecule has 0 unspecified atom stereocenters. The Morgan fingerprint density at radius 3 is 2.77 bits per heavy atom. The van der Waals surface area contributed by atoms with E-state index in [-0.39, 0.29) is 5.91 Å². The summed E-state index contributed by atoms with van der Waals surface area (Å²) in [5.41, 5.74) is 0.562. The fraction of sp³-hybridized carbons (Fsp3) is 0.412. The van der Waals surface area contributed by atoms with Crippen molar-refractivity contribution in [3.05, 3.63) is 42.0 Å². The lowest BCUT2D eigenvalue weighted by Gasteiger charge is -2.12. The first-order valence-corrected chi connectivity index (χ1v) is 8.41. The Labute approximate surface area is 152 Å². The summed E-state index contributed by atoms with van der Waals surface area (Å²) < 4.78 is 6.81. The highest BCUT2D eigenvalue weighted by molar-refractivity contribution is 5.94. The fourth-order valence-corrected chi connectivity index (χ4v) is 2.18. The van der Waals surface area contributed by atoms with E-state index in [0.29, 0.717) is 36.9 Å². The van der Waals surface area contributed by atoms with Gasteiger partial charge in [-0.1, -0.05) is 6.07 Å². The minimum atomic E-state index is -0.147. The molecule has 0 radical (unpaired) electrons. The molecule has 1 aromatic heterocycles. The second-order valence-electron chi connectivity index (χ2n) is 5.41. The third-order valence-electron chi connectivity index (χ3n) is 3.56. The van der Waals surface area contributed by atoms with E-state index < -0.39 is 0 Å². The van der Waals surface area contributed by atoms with Crippen molar-refractivity contribution in [2.24, 2.45) is 12.0 Å². The average Bonchev–Trinajstić information content (AvgIpc) is 3.07. The van der Waals surface area contributed by atoms with Crippen LogP contribution in [0.4, 0.5) is 0 Å². The maximum atomic E-state index is 12.1. The van der Waals surface area contributed by atoms with Crippen LogP contribution in [-0.4, -0.2) is 53.4 Å². The number of ether oxygens (including phenoxy) is 1. The van der Waals surface area contributed by atoms with Gasteiger partial charge in [-0.05, 0) is 25.1 Å². The largest absolute Gasteiger partial charge is 0.497 e. The third kappa shape index (κ3) is 5.76. The molecule has 0 atom stereocenters. The molecule has 0 fully saturated rings. The van der Waals surface area contributed by atoms with E-state index in [2.05, 4.69) is 31.0 Å². The SMILES string of the molecule is CCNC(=NCc1ncnn1C)NCCNC(=O)c1cccc(OC)c1. The molecular formula is C17H25N7O2. The number of carbonyl (C=O) groups is 1. The number of guanidine groups is 1. The highest BCUT2D eigenvalue weighted by atomic mass is 16.5. The van der Waals surface area contributed by atoms with Crippen molar-refractivity contribution in [3.8, 4) is 5.75 Å². The first kappa shape index (κ1) is 19.2. The lowest BCUT2D eigenvalue weighted by Crippen LogP contribution is -2.41. The molecule has 3 N–H and O–H groups in total. The second kappa shape index (κ2) is 10.0. The highest BCUT2D eigenvalue weighted by Crippen LogP contribution is 2.12. The van der Waals surface area contributed by atoms with Crippen LogP contribution in [0, 0.1) is 0 Å². The molecule has 2 aromatic rings. The van der Waals surface area contributed by atoms with Gasteiger partial charge in [-0.25, -0.2) is 9.98 Å². The number of aryl methyl sites for hydroxylation is 1. The zero-order chi connectivity index (χ0) is 18.8. The molecule has 9 heteroatoms. The normalized spacial score (nSPS) is 11.1. The monoisotopic (exact) mass is 359 g/mol. The van der Waals surface area contributed by atoms with Crippen molar-refractivity contribution >= 4 is 11.9 Å². The van der Waals surface area contributed by atoms with E-state index >= 15 is 0 Å². The van der Waals surface area contributed by atoms with Crippen LogP contribution in [0.3, 0.4) is 0 Å². The van der Waals surface area contributed by atoms with Gasteiger partial charge in [-0.3, -0.25) is 9.48 Å². The van der Waals surface area contributed by atoms with E-state index in [4.69, 9.17) is 4.74 Å². The first-order chi connectivity index (χ1) is 12.6. The van der Waals surface area contributed by atoms with Gasteiger partial charge in [-0.15, -0.1) is 0 Å². The number of hydrogen-bond donors (Lipinski definition) is 3. The molecular weight excluding hydrogens is 334 g/mol. The lowest BCUT2D eigenvalue weighted by molar-refractivity contribution is 0.0954. The van der Waals surface area contributed by atoms with Gasteiger partial charge < -0.3 is 20.7 Å². The summed E-state index contributed by atoms with van der Waals surface area (Å²) >= 11 is 0. The molecule has 0 bridgehead atoms. The van der Waals surface area contributed by atoms with Crippen LogP contribution in [0.15, 0.2) is 35.6 Å². The molecule has 0 saturated heterocycles. The topological polar surface area (TPSA) is 105 Å². The Balaban J connectivity index is 1.80. The fourth-order valence-electron chi connectivity index (χ4n) is 2.18. The van der Waals surface area contributed by atoms with Gasteiger partial charge in [0.1, 0.15) is 24.4 Å². The van der Waals surface area contributed by atoms with E-state index in [1.54, 1.807) is 36.1 Å². The Bertz CT molecular complexity index is 742. The van der Waals surface area contributed by atoms with Crippen LogP contribution in [0.2, 0.25) is 0 Å². The van der Waals surface area contributed by atoms with Gasteiger partial charge in [0, 0.05) is 32.2 Å².